The smallest absolute Gasteiger partial charge is 0.347 e. The van der Waals surface area contributed by atoms with Crippen LogP contribution in [0.25, 0.3) is 10.9 Å². The standard InChI is InChI=1S/C28H29FN6O.2C4H4O4/c29-23-10-11-25-26(18-23)35(28(36)30-24-8-2-1-3-9-24)31-27(25)34-16-14-32(15-17-34)12-13-33-19-21-6-4-5-7-22(21)20-33;2*5-3(6)1-2-4(7)8/h1-11,18H,12-17,19-20H2,(H,30,36);2*1-2H,(H,5,6)(H,7,8)/b;2*2-1-. The van der Waals surface area contributed by atoms with E-state index in [9.17, 15) is 28.4 Å². The van der Waals surface area contributed by atoms with Crippen LogP contribution in [-0.2, 0) is 32.3 Å². The number of carbonyl (C=O) groups is 5. The van der Waals surface area contributed by atoms with Gasteiger partial charge < -0.3 is 30.6 Å². The second-order valence-electron chi connectivity index (χ2n) is 11.5. The molecule has 3 aromatic carbocycles. The van der Waals surface area contributed by atoms with Gasteiger partial charge >= 0.3 is 29.9 Å². The first-order chi connectivity index (χ1) is 24.9. The number of amides is 1. The molecule has 1 aromatic heterocycles. The molecule has 0 spiro atoms. The van der Waals surface area contributed by atoms with E-state index in [0.717, 1.165) is 63.6 Å². The lowest BCUT2D eigenvalue weighted by atomic mass is 10.1. The molecule has 0 radical (unpaired) electrons. The van der Waals surface area contributed by atoms with Crippen LogP contribution in [0.4, 0.5) is 20.7 Å². The van der Waals surface area contributed by atoms with Crippen molar-refractivity contribution >= 4 is 52.3 Å². The van der Waals surface area contributed by atoms with Gasteiger partial charge in [0.15, 0.2) is 5.82 Å². The molecule has 272 valence electrons. The Morgan fingerprint density at radius 3 is 1.69 bits per heavy atom. The van der Waals surface area contributed by atoms with E-state index < -0.39 is 35.7 Å². The minimum atomic E-state index is -1.26. The summed E-state index contributed by atoms with van der Waals surface area (Å²) in [5, 5.41) is 39.5. The van der Waals surface area contributed by atoms with Crippen molar-refractivity contribution in [3.05, 3.63) is 114 Å². The molecule has 52 heavy (non-hydrogen) atoms. The van der Waals surface area contributed by atoms with Crippen molar-refractivity contribution in [2.45, 2.75) is 13.1 Å². The van der Waals surface area contributed by atoms with E-state index in [-0.39, 0.29) is 0 Å². The number of fused-ring (bicyclic) bond motifs is 2. The third kappa shape index (κ3) is 11.6. The Labute approximate surface area is 297 Å². The molecule has 0 saturated carbocycles. The van der Waals surface area contributed by atoms with E-state index in [1.807, 2.05) is 30.3 Å². The molecule has 4 aromatic rings. The average molecular weight is 717 g/mol. The second kappa shape index (κ2) is 18.6. The highest BCUT2D eigenvalue weighted by atomic mass is 19.1. The van der Waals surface area contributed by atoms with E-state index in [1.54, 1.807) is 6.07 Å². The van der Waals surface area contributed by atoms with Gasteiger partial charge in [-0.2, -0.15) is 4.68 Å². The minimum absolute atomic E-state index is 0.392. The van der Waals surface area contributed by atoms with Crippen molar-refractivity contribution < 1.29 is 48.8 Å². The number of benzene rings is 3. The van der Waals surface area contributed by atoms with Crippen LogP contribution in [0.5, 0.6) is 0 Å². The van der Waals surface area contributed by atoms with Crippen molar-refractivity contribution in [1.82, 2.24) is 19.6 Å². The van der Waals surface area contributed by atoms with Crippen LogP contribution in [0.3, 0.4) is 0 Å². The predicted molar refractivity (Wildman–Crippen MR) is 189 cm³/mol. The van der Waals surface area contributed by atoms with Crippen LogP contribution in [-0.4, -0.2) is 109 Å². The molecular formula is C36H37FN6O9. The molecular weight excluding hydrogens is 679 g/mol. The summed E-state index contributed by atoms with van der Waals surface area (Å²) in [6.07, 6.45) is 2.23. The van der Waals surface area contributed by atoms with Crippen LogP contribution in [0.1, 0.15) is 11.1 Å². The molecule has 3 heterocycles. The molecule has 0 unspecified atom stereocenters. The number of aliphatic carboxylic acids is 4. The maximum absolute atomic E-state index is 14.1. The number of anilines is 2. The van der Waals surface area contributed by atoms with Gasteiger partial charge in [0.25, 0.3) is 0 Å². The van der Waals surface area contributed by atoms with Crippen molar-refractivity contribution in [2.75, 3.05) is 49.5 Å². The summed E-state index contributed by atoms with van der Waals surface area (Å²) >= 11 is 0. The Morgan fingerprint density at radius 1 is 0.673 bits per heavy atom. The molecule has 6 rings (SSSR count). The van der Waals surface area contributed by atoms with Gasteiger partial charge in [-0.15, -0.1) is 5.10 Å². The first kappa shape index (κ1) is 38.4. The van der Waals surface area contributed by atoms with Crippen molar-refractivity contribution in [2.24, 2.45) is 0 Å². The zero-order valence-corrected chi connectivity index (χ0v) is 27.8. The number of carboxylic acid groups (broad SMARTS) is 4. The third-order valence-electron chi connectivity index (χ3n) is 7.89. The maximum Gasteiger partial charge on any atom is 0.347 e. The van der Waals surface area contributed by atoms with Gasteiger partial charge in [0, 0.05) is 93.8 Å². The van der Waals surface area contributed by atoms with E-state index in [0.29, 0.717) is 35.5 Å². The Morgan fingerprint density at radius 2 is 1.17 bits per heavy atom. The summed E-state index contributed by atoms with van der Waals surface area (Å²) in [5.41, 5.74) is 4.02. The summed E-state index contributed by atoms with van der Waals surface area (Å²) in [5.74, 6) is -4.70. The Kier molecular flexibility index (Phi) is 13.7. The van der Waals surface area contributed by atoms with Gasteiger partial charge in [-0.1, -0.05) is 42.5 Å². The number of halogens is 1. The monoisotopic (exact) mass is 716 g/mol. The number of nitrogens with zero attached hydrogens (tertiary/aromatic N) is 5. The number of carbonyl (C=O) groups excluding carboxylic acids is 1. The van der Waals surface area contributed by atoms with E-state index in [4.69, 9.17) is 20.4 Å². The second-order valence-corrected chi connectivity index (χ2v) is 11.5. The highest BCUT2D eigenvalue weighted by molar-refractivity contribution is 6.01. The predicted octanol–water partition coefficient (Wildman–Crippen LogP) is 3.82. The zero-order valence-electron chi connectivity index (χ0n) is 27.8. The quantitative estimate of drug-likeness (QED) is 0.157. The number of hydrogen-bond donors (Lipinski definition) is 5. The number of para-hydroxylation sites is 1. The molecule has 16 heteroatoms. The fourth-order valence-corrected chi connectivity index (χ4v) is 5.47. The van der Waals surface area contributed by atoms with Gasteiger partial charge in [0.05, 0.1) is 5.52 Å². The average Bonchev–Trinajstić information content (AvgIpc) is 3.71. The summed E-state index contributed by atoms with van der Waals surface area (Å²) in [7, 11) is 0. The third-order valence-corrected chi connectivity index (χ3v) is 7.89. The van der Waals surface area contributed by atoms with Gasteiger partial charge in [0.1, 0.15) is 5.82 Å². The molecule has 15 nitrogen and oxygen atoms in total. The summed E-state index contributed by atoms with van der Waals surface area (Å²) in [6.45, 7) is 7.60. The van der Waals surface area contributed by atoms with E-state index in [1.165, 1.54) is 27.9 Å². The van der Waals surface area contributed by atoms with Crippen LogP contribution in [0, 0.1) is 5.82 Å². The van der Waals surface area contributed by atoms with Gasteiger partial charge in [-0.25, -0.2) is 28.4 Å². The lowest BCUT2D eigenvalue weighted by molar-refractivity contribution is -0.134. The fraction of sp³-hybridized carbons (Fsp3) is 0.222. The topological polar surface area (TPSA) is 206 Å². The summed E-state index contributed by atoms with van der Waals surface area (Å²) in [4.78, 5) is 58.4. The molecule has 0 aliphatic carbocycles. The Hall–Kier alpha value is -6.39. The van der Waals surface area contributed by atoms with Crippen LogP contribution >= 0.6 is 0 Å². The van der Waals surface area contributed by atoms with Crippen LogP contribution < -0.4 is 10.2 Å². The molecule has 1 fully saturated rings. The highest BCUT2D eigenvalue weighted by Gasteiger charge is 2.25. The van der Waals surface area contributed by atoms with Crippen molar-refractivity contribution in [1.29, 1.82) is 0 Å². The molecule has 5 N–H and O–H groups in total. The molecule has 0 bridgehead atoms. The number of piperazine rings is 1. The summed E-state index contributed by atoms with van der Waals surface area (Å²) in [6, 6.07) is 22.0. The van der Waals surface area contributed by atoms with E-state index >= 15 is 0 Å². The minimum Gasteiger partial charge on any atom is -0.478 e. The molecule has 2 aliphatic heterocycles. The Bertz CT molecular complexity index is 1870. The lowest BCUT2D eigenvalue weighted by Crippen LogP contribution is -2.48. The van der Waals surface area contributed by atoms with Gasteiger partial charge in [-0.05, 0) is 35.4 Å². The van der Waals surface area contributed by atoms with Gasteiger partial charge in [-0.3, -0.25) is 9.80 Å². The Balaban J connectivity index is 0.000000317. The number of hydrogen-bond acceptors (Lipinski definition) is 9. The molecule has 1 saturated heterocycles. The molecule has 2 aliphatic rings. The molecule has 1 amide bonds. The zero-order chi connectivity index (χ0) is 37.6. The SMILES string of the molecule is O=C(Nc1ccccc1)n1nc(N2CCN(CCN3Cc4ccccc4C3)CC2)c2ccc(F)cc21.O=C(O)/C=C\C(=O)O.O=C(O)/C=C\C(=O)O. The number of carboxylic acids is 4. The number of rotatable bonds is 9. The van der Waals surface area contributed by atoms with E-state index in [2.05, 4.69) is 49.4 Å². The van der Waals surface area contributed by atoms with Crippen molar-refractivity contribution in [3.8, 4) is 0 Å². The largest absolute Gasteiger partial charge is 0.478 e. The molecule has 0 atom stereocenters. The number of nitrogens with one attached hydrogen (secondary N) is 1. The lowest BCUT2D eigenvalue weighted by Gasteiger charge is -2.35. The fourth-order valence-electron chi connectivity index (χ4n) is 5.47. The van der Waals surface area contributed by atoms with Crippen LogP contribution in [0.15, 0.2) is 97.1 Å². The van der Waals surface area contributed by atoms with Crippen LogP contribution in [0.2, 0.25) is 0 Å². The van der Waals surface area contributed by atoms with Gasteiger partial charge in [0.2, 0.25) is 0 Å². The first-order valence-corrected chi connectivity index (χ1v) is 16.0. The maximum atomic E-state index is 14.1. The normalized spacial score (nSPS) is 14.3. The van der Waals surface area contributed by atoms with Crippen molar-refractivity contribution in [3.63, 3.8) is 0 Å². The number of aromatic nitrogens is 2. The first-order valence-electron chi connectivity index (χ1n) is 16.0. The highest BCUT2D eigenvalue weighted by Crippen LogP contribution is 2.28. The summed E-state index contributed by atoms with van der Waals surface area (Å²) < 4.78 is 15.4.